The first-order valence-corrected chi connectivity index (χ1v) is 6.63. The van der Waals surface area contributed by atoms with Gasteiger partial charge < -0.3 is 9.40 Å². The number of rotatable bonds is 1. The Balaban J connectivity index is 2.27. The highest BCUT2D eigenvalue weighted by atomic mass is 79.9. The first-order chi connectivity index (χ1) is 8.15. The van der Waals surface area contributed by atoms with Crippen LogP contribution in [0.5, 0.6) is 0 Å². The van der Waals surface area contributed by atoms with Gasteiger partial charge in [0.25, 0.3) is 0 Å². The monoisotopic (exact) mass is 354 g/mol. The zero-order valence-corrected chi connectivity index (χ0v) is 12.1. The molecule has 0 bridgehead atoms. The van der Waals surface area contributed by atoms with Gasteiger partial charge in [-0.25, -0.2) is 4.98 Å². The lowest BCUT2D eigenvalue weighted by Gasteiger charge is -1.94. The van der Waals surface area contributed by atoms with Crippen molar-refractivity contribution in [1.82, 2.24) is 9.97 Å². The predicted octanol–water partition coefficient (Wildman–Crippen LogP) is 4.66. The van der Waals surface area contributed by atoms with Gasteiger partial charge in [0.15, 0.2) is 4.67 Å². The van der Waals surface area contributed by atoms with Crippen LogP contribution in [0.4, 0.5) is 0 Å². The Hall–Kier alpha value is -1.07. The molecule has 0 fully saturated rings. The van der Waals surface area contributed by atoms with Crippen LogP contribution < -0.4 is 0 Å². The Morgan fingerprint density at radius 3 is 2.82 bits per heavy atom. The van der Waals surface area contributed by atoms with Crippen LogP contribution in [-0.4, -0.2) is 9.97 Å². The summed E-state index contributed by atoms with van der Waals surface area (Å²) in [6.45, 7) is 2.04. The quantitative estimate of drug-likeness (QED) is 0.689. The highest BCUT2D eigenvalue weighted by Gasteiger charge is 2.12. The van der Waals surface area contributed by atoms with Gasteiger partial charge >= 0.3 is 0 Å². The maximum Gasteiger partial charge on any atom is 0.179 e. The van der Waals surface area contributed by atoms with Gasteiger partial charge in [-0.2, -0.15) is 0 Å². The van der Waals surface area contributed by atoms with Gasteiger partial charge in [0, 0.05) is 4.47 Å². The number of aromatic amines is 1. The molecule has 0 aliphatic heterocycles. The number of nitrogens with zero attached hydrogens (tertiary/aromatic N) is 1. The Morgan fingerprint density at radius 2 is 2.12 bits per heavy atom. The molecule has 3 aromatic rings. The highest BCUT2D eigenvalue weighted by molar-refractivity contribution is 9.10. The lowest BCUT2D eigenvalue weighted by atomic mass is 10.2. The molecule has 0 aliphatic rings. The molecule has 0 saturated carbocycles. The van der Waals surface area contributed by atoms with Gasteiger partial charge in [0.05, 0.1) is 22.9 Å². The molecule has 0 unspecified atom stereocenters. The summed E-state index contributed by atoms with van der Waals surface area (Å²) in [6, 6.07) is 5.95. The summed E-state index contributed by atoms with van der Waals surface area (Å²) in [6.07, 6.45) is 1.63. The number of furan rings is 1. The van der Waals surface area contributed by atoms with Gasteiger partial charge in [-0.05, 0) is 46.6 Å². The zero-order chi connectivity index (χ0) is 12.0. The van der Waals surface area contributed by atoms with Crippen molar-refractivity contribution in [3.8, 4) is 11.4 Å². The third-order valence-electron chi connectivity index (χ3n) is 2.62. The minimum atomic E-state index is 0.688. The molecule has 1 N–H and O–H groups in total. The number of benzene rings is 1. The van der Waals surface area contributed by atoms with Gasteiger partial charge in [0.2, 0.25) is 0 Å². The number of aromatic nitrogens is 2. The molecule has 0 amide bonds. The summed E-state index contributed by atoms with van der Waals surface area (Å²) in [4.78, 5) is 7.88. The minimum Gasteiger partial charge on any atom is -0.457 e. The fourth-order valence-electron chi connectivity index (χ4n) is 1.84. The fourth-order valence-corrected chi connectivity index (χ4v) is 2.84. The number of nitrogens with one attached hydrogen (secondary N) is 1. The van der Waals surface area contributed by atoms with Crippen molar-refractivity contribution in [2.24, 2.45) is 0 Å². The van der Waals surface area contributed by atoms with Crippen LogP contribution in [0.1, 0.15) is 5.56 Å². The Labute approximate surface area is 114 Å². The van der Waals surface area contributed by atoms with Gasteiger partial charge in [0.1, 0.15) is 5.82 Å². The van der Waals surface area contributed by atoms with Crippen molar-refractivity contribution < 1.29 is 4.42 Å². The number of hydrogen-bond acceptors (Lipinski definition) is 2. The molecule has 0 radical (unpaired) electrons. The first kappa shape index (κ1) is 11.0. The molecule has 0 saturated heterocycles. The summed E-state index contributed by atoms with van der Waals surface area (Å²) in [7, 11) is 0. The average molecular weight is 356 g/mol. The maximum atomic E-state index is 5.22. The van der Waals surface area contributed by atoms with E-state index in [0.29, 0.717) is 4.67 Å². The molecule has 86 valence electrons. The molecule has 0 atom stereocenters. The van der Waals surface area contributed by atoms with Crippen LogP contribution >= 0.6 is 31.9 Å². The van der Waals surface area contributed by atoms with Crippen molar-refractivity contribution >= 4 is 42.9 Å². The Kier molecular flexibility index (Phi) is 2.60. The molecular formula is C12H8Br2N2O. The third-order valence-corrected chi connectivity index (χ3v) is 3.69. The summed E-state index contributed by atoms with van der Waals surface area (Å²) >= 11 is 6.84. The SMILES string of the molecule is Cc1cc(Br)cc2[nH]c(-c3ccoc3Br)nc12. The third kappa shape index (κ3) is 1.83. The van der Waals surface area contributed by atoms with Crippen molar-refractivity contribution in [3.05, 3.63) is 39.2 Å². The second-order valence-electron chi connectivity index (χ2n) is 3.81. The fraction of sp³-hybridized carbons (Fsp3) is 0.0833. The smallest absolute Gasteiger partial charge is 0.179 e. The van der Waals surface area contributed by atoms with Gasteiger partial charge in [-0.1, -0.05) is 15.9 Å². The van der Waals surface area contributed by atoms with E-state index in [4.69, 9.17) is 4.42 Å². The number of imidazole rings is 1. The number of H-pyrrole nitrogens is 1. The van der Waals surface area contributed by atoms with E-state index in [2.05, 4.69) is 47.9 Å². The van der Waals surface area contributed by atoms with Crippen molar-refractivity contribution in [3.63, 3.8) is 0 Å². The highest BCUT2D eigenvalue weighted by Crippen LogP contribution is 2.30. The second kappa shape index (κ2) is 3.99. The van der Waals surface area contributed by atoms with Crippen LogP contribution in [0.25, 0.3) is 22.4 Å². The van der Waals surface area contributed by atoms with E-state index in [1.807, 2.05) is 19.1 Å². The van der Waals surface area contributed by atoms with E-state index in [1.54, 1.807) is 6.26 Å². The first-order valence-electron chi connectivity index (χ1n) is 5.04. The van der Waals surface area contributed by atoms with Crippen molar-refractivity contribution in [2.45, 2.75) is 6.92 Å². The molecule has 3 nitrogen and oxygen atoms in total. The molecule has 1 aromatic carbocycles. The molecule has 0 spiro atoms. The lowest BCUT2D eigenvalue weighted by molar-refractivity contribution is 0.542. The maximum absolute atomic E-state index is 5.22. The van der Waals surface area contributed by atoms with Crippen LogP contribution in [0, 0.1) is 6.92 Å². The molecular weight excluding hydrogens is 348 g/mol. The van der Waals surface area contributed by atoms with Crippen LogP contribution in [0.2, 0.25) is 0 Å². The van der Waals surface area contributed by atoms with Crippen molar-refractivity contribution in [2.75, 3.05) is 0 Å². The Bertz CT molecular complexity index is 700. The van der Waals surface area contributed by atoms with Crippen LogP contribution in [-0.2, 0) is 0 Å². The lowest BCUT2D eigenvalue weighted by Crippen LogP contribution is -1.77. The van der Waals surface area contributed by atoms with E-state index in [-0.39, 0.29) is 0 Å². The van der Waals surface area contributed by atoms with E-state index in [1.165, 1.54) is 0 Å². The molecule has 2 heterocycles. The number of hydrogen-bond donors (Lipinski definition) is 1. The topological polar surface area (TPSA) is 41.8 Å². The summed E-state index contributed by atoms with van der Waals surface area (Å²) in [5.74, 6) is 0.807. The average Bonchev–Trinajstić information content (AvgIpc) is 2.83. The molecule has 2 aromatic heterocycles. The number of halogens is 2. The van der Waals surface area contributed by atoms with Gasteiger partial charge in [-0.3, -0.25) is 0 Å². The largest absolute Gasteiger partial charge is 0.457 e. The summed E-state index contributed by atoms with van der Waals surface area (Å²) < 4.78 is 6.95. The minimum absolute atomic E-state index is 0.688. The van der Waals surface area contributed by atoms with Gasteiger partial charge in [-0.15, -0.1) is 0 Å². The number of aryl methyl sites for hydroxylation is 1. The predicted molar refractivity (Wildman–Crippen MR) is 73.9 cm³/mol. The summed E-state index contributed by atoms with van der Waals surface area (Å²) in [5.41, 5.74) is 4.06. The number of fused-ring (bicyclic) bond motifs is 1. The van der Waals surface area contributed by atoms with E-state index in [9.17, 15) is 0 Å². The van der Waals surface area contributed by atoms with Crippen LogP contribution in [0.15, 0.2) is 38.0 Å². The molecule has 3 rings (SSSR count). The molecule has 5 heteroatoms. The molecule has 0 aliphatic carbocycles. The van der Waals surface area contributed by atoms with Crippen LogP contribution in [0.3, 0.4) is 0 Å². The van der Waals surface area contributed by atoms with E-state index < -0.39 is 0 Å². The standard InChI is InChI=1S/C12H8Br2N2O/c1-6-4-7(13)5-9-10(6)16-12(15-9)8-2-3-17-11(8)14/h2-5H,1H3,(H,15,16). The normalized spacial score (nSPS) is 11.2. The van der Waals surface area contributed by atoms with E-state index >= 15 is 0 Å². The zero-order valence-electron chi connectivity index (χ0n) is 8.92. The second-order valence-corrected chi connectivity index (χ2v) is 5.45. The molecule has 17 heavy (non-hydrogen) atoms. The Morgan fingerprint density at radius 1 is 1.29 bits per heavy atom. The van der Waals surface area contributed by atoms with Crippen molar-refractivity contribution in [1.29, 1.82) is 0 Å². The van der Waals surface area contributed by atoms with E-state index in [0.717, 1.165) is 32.5 Å². The summed E-state index contributed by atoms with van der Waals surface area (Å²) in [5, 5.41) is 0.